The molecule has 28 heavy (non-hydrogen) atoms. The number of rotatable bonds is 2. The molecule has 1 aliphatic carbocycles. The average Bonchev–Trinajstić information content (AvgIpc) is 3.10. The molecule has 2 aliphatic rings. The smallest absolute Gasteiger partial charge is 0.410 e. The Kier molecular flexibility index (Phi) is 4.96. The second-order valence-electron chi connectivity index (χ2n) is 8.54. The molecule has 0 bridgehead atoms. The third kappa shape index (κ3) is 3.96. The van der Waals surface area contributed by atoms with Crippen molar-refractivity contribution in [3.63, 3.8) is 0 Å². The van der Waals surface area contributed by atoms with Crippen LogP contribution in [0, 0.1) is 0 Å². The molecule has 3 heterocycles. The number of amides is 1. The maximum absolute atomic E-state index is 12.3. The first-order chi connectivity index (χ1) is 13.4. The highest BCUT2D eigenvalue weighted by atomic mass is 16.6. The Morgan fingerprint density at radius 3 is 2.71 bits per heavy atom. The van der Waals surface area contributed by atoms with Gasteiger partial charge in [0, 0.05) is 24.8 Å². The van der Waals surface area contributed by atoms with Crippen LogP contribution in [0.4, 0.5) is 4.79 Å². The molecule has 0 unspecified atom stereocenters. The quantitative estimate of drug-likeness (QED) is 0.801. The zero-order chi connectivity index (χ0) is 19.7. The van der Waals surface area contributed by atoms with Gasteiger partial charge in [-0.3, -0.25) is 0 Å². The minimum Gasteiger partial charge on any atom is -0.444 e. The number of allylic oxidation sites excluding steroid dienone is 2. The molecule has 0 spiro atoms. The molecule has 0 saturated carbocycles. The van der Waals surface area contributed by atoms with Gasteiger partial charge in [-0.15, -0.1) is 0 Å². The first-order valence-electron chi connectivity index (χ1n) is 10.1. The summed E-state index contributed by atoms with van der Waals surface area (Å²) in [5.41, 5.74) is 5.84. The summed E-state index contributed by atoms with van der Waals surface area (Å²) >= 11 is 0. The van der Waals surface area contributed by atoms with E-state index in [0.29, 0.717) is 13.1 Å². The van der Waals surface area contributed by atoms with Gasteiger partial charge in [-0.2, -0.15) is 0 Å². The zero-order valence-corrected chi connectivity index (χ0v) is 16.9. The number of carbonyl (C=O) groups excluding carboxylic acids is 1. The zero-order valence-electron chi connectivity index (χ0n) is 16.9. The average molecular weight is 380 g/mol. The van der Waals surface area contributed by atoms with Crippen LogP contribution in [0.15, 0.2) is 24.5 Å². The Bertz CT molecular complexity index is 949. The molecule has 0 atom stereocenters. The number of nitrogens with zero attached hydrogens (tertiary/aromatic N) is 3. The Labute approximate surface area is 165 Å². The maximum Gasteiger partial charge on any atom is 0.410 e. The van der Waals surface area contributed by atoms with Gasteiger partial charge in [0.15, 0.2) is 5.65 Å². The number of hydrogen-bond acceptors (Lipinski definition) is 4. The van der Waals surface area contributed by atoms with Gasteiger partial charge in [-0.1, -0.05) is 12.2 Å². The fourth-order valence-electron chi connectivity index (χ4n) is 3.77. The Morgan fingerprint density at radius 2 is 2.04 bits per heavy atom. The molecule has 0 radical (unpaired) electrons. The van der Waals surface area contributed by atoms with Gasteiger partial charge in [-0.05, 0) is 64.0 Å². The topological polar surface area (TPSA) is 71.1 Å². The molecule has 0 aromatic carbocycles. The summed E-state index contributed by atoms with van der Waals surface area (Å²) in [6, 6.07) is 0. The fraction of sp³-hybridized carbons (Fsp3) is 0.500. The number of aromatic amines is 1. The number of fused-ring (bicyclic) bond motifs is 1. The SMILES string of the molecule is CC(C)(C)OC(=O)N1CC=C(c2c[nH]c3ncc(C4=CCCCC4)nc23)CC1. The largest absolute Gasteiger partial charge is 0.444 e. The van der Waals surface area contributed by atoms with E-state index in [1.54, 1.807) is 4.90 Å². The summed E-state index contributed by atoms with van der Waals surface area (Å²) in [5.74, 6) is 0. The predicted octanol–water partition coefficient (Wildman–Crippen LogP) is 4.94. The Balaban J connectivity index is 1.56. The normalized spacial score (nSPS) is 18.0. The fourth-order valence-corrected chi connectivity index (χ4v) is 3.77. The van der Waals surface area contributed by atoms with Crippen LogP contribution in [-0.2, 0) is 4.74 Å². The third-order valence-electron chi connectivity index (χ3n) is 5.21. The maximum atomic E-state index is 12.3. The van der Waals surface area contributed by atoms with Crippen molar-refractivity contribution >= 4 is 28.4 Å². The van der Waals surface area contributed by atoms with Crippen molar-refractivity contribution in [1.29, 1.82) is 0 Å². The van der Waals surface area contributed by atoms with Crippen molar-refractivity contribution < 1.29 is 9.53 Å². The standard InChI is InChI=1S/C22H28N4O2/c1-22(2,3)28-21(27)26-11-9-15(10-12-26)17-13-23-20-19(17)25-18(14-24-20)16-7-5-4-6-8-16/h7,9,13-14H,4-6,8,10-12H2,1-3H3,(H,23,24). The summed E-state index contributed by atoms with van der Waals surface area (Å²) in [6.07, 6.45) is 13.5. The molecule has 0 fully saturated rings. The van der Waals surface area contributed by atoms with Gasteiger partial charge in [-0.25, -0.2) is 14.8 Å². The molecule has 6 heteroatoms. The van der Waals surface area contributed by atoms with Gasteiger partial charge < -0.3 is 14.6 Å². The third-order valence-corrected chi connectivity index (χ3v) is 5.21. The van der Waals surface area contributed by atoms with Crippen molar-refractivity contribution in [2.24, 2.45) is 0 Å². The first kappa shape index (κ1) is 18.7. The summed E-state index contributed by atoms with van der Waals surface area (Å²) in [7, 11) is 0. The van der Waals surface area contributed by atoms with E-state index in [4.69, 9.17) is 9.72 Å². The predicted molar refractivity (Wildman–Crippen MR) is 111 cm³/mol. The van der Waals surface area contributed by atoms with Crippen LogP contribution in [0.2, 0.25) is 0 Å². The molecule has 6 nitrogen and oxygen atoms in total. The molecule has 2 aromatic rings. The summed E-state index contributed by atoms with van der Waals surface area (Å²) in [6.45, 7) is 6.86. The van der Waals surface area contributed by atoms with Crippen molar-refractivity contribution in [1.82, 2.24) is 19.9 Å². The van der Waals surface area contributed by atoms with E-state index in [1.807, 2.05) is 33.2 Å². The van der Waals surface area contributed by atoms with E-state index < -0.39 is 5.60 Å². The number of carbonyl (C=O) groups is 1. The molecular formula is C22H28N4O2. The summed E-state index contributed by atoms with van der Waals surface area (Å²) in [5, 5.41) is 0. The van der Waals surface area contributed by atoms with E-state index in [-0.39, 0.29) is 6.09 Å². The lowest BCUT2D eigenvalue weighted by atomic mass is 9.97. The monoisotopic (exact) mass is 380 g/mol. The lowest BCUT2D eigenvalue weighted by molar-refractivity contribution is 0.0270. The first-order valence-corrected chi connectivity index (χ1v) is 10.1. The molecule has 4 rings (SSSR count). The van der Waals surface area contributed by atoms with Crippen LogP contribution < -0.4 is 0 Å². The Morgan fingerprint density at radius 1 is 1.18 bits per heavy atom. The molecular weight excluding hydrogens is 352 g/mol. The van der Waals surface area contributed by atoms with Crippen LogP contribution in [0.25, 0.3) is 22.3 Å². The molecule has 1 N–H and O–H groups in total. The van der Waals surface area contributed by atoms with Crippen molar-refractivity contribution in [3.8, 4) is 0 Å². The highest BCUT2D eigenvalue weighted by molar-refractivity contribution is 5.89. The van der Waals surface area contributed by atoms with E-state index >= 15 is 0 Å². The van der Waals surface area contributed by atoms with Crippen molar-refractivity contribution in [2.45, 2.75) is 58.5 Å². The number of nitrogens with one attached hydrogen (secondary N) is 1. The van der Waals surface area contributed by atoms with Crippen LogP contribution in [0.1, 0.15) is 64.1 Å². The van der Waals surface area contributed by atoms with Gasteiger partial charge in [0.25, 0.3) is 0 Å². The minimum absolute atomic E-state index is 0.256. The molecule has 1 amide bonds. The van der Waals surface area contributed by atoms with Crippen LogP contribution >= 0.6 is 0 Å². The van der Waals surface area contributed by atoms with Gasteiger partial charge >= 0.3 is 6.09 Å². The minimum atomic E-state index is -0.474. The second kappa shape index (κ2) is 7.41. The molecule has 148 valence electrons. The van der Waals surface area contributed by atoms with E-state index in [2.05, 4.69) is 22.1 Å². The number of hydrogen-bond donors (Lipinski definition) is 1. The summed E-state index contributed by atoms with van der Waals surface area (Å²) < 4.78 is 5.48. The van der Waals surface area contributed by atoms with Gasteiger partial charge in [0.05, 0.1) is 11.9 Å². The van der Waals surface area contributed by atoms with Gasteiger partial charge in [0.2, 0.25) is 0 Å². The number of aromatic nitrogens is 3. The van der Waals surface area contributed by atoms with Crippen molar-refractivity contribution in [3.05, 3.63) is 35.8 Å². The van der Waals surface area contributed by atoms with E-state index in [0.717, 1.165) is 41.7 Å². The van der Waals surface area contributed by atoms with Crippen molar-refractivity contribution in [2.75, 3.05) is 13.1 Å². The lowest BCUT2D eigenvalue weighted by Crippen LogP contribution is -2.39. The van der Waals surface area contributed by atoms with E-state index in [9.17, 15) is 4.79 Å². The van der Waals surface area contributed by atoms with Crippen LogP contribution in [0.3, 0.4) is 0 Å². The lowest BCUT2D eigenvalue weighted by Gasteiger charge is -2.29. The molecule has 0 saturated heterocycles. The highest BCUT2D eigenvalue weighted by Crippen LogP contribution is 2.30. The van der Waals surface area contributed by atoms with Gasteiger partial charge in [0.1, 0.15) is 11.1 Å². The highest BCUT2D eigenvalue weighted by Gasteiger charge is 2.25. The Hall–Kier alpha value is -2.63. The van der Waals surface area contributed by atoms with Crippen LogP contribution in [-0.4, -0.2) is 44.6 Å². The second-order valence-corrected chi connectivity index (χ2v) is 8.54. The molecule has 1 aliphatic heterocycles. The van der Waals surface area contributed by atoms with E-state index in [1.165, 1.54) is 24.0 Å². The number of ether oxygens (including phenoxy) is 1. The summed E-state index contributed by atoms with van der Waals surface area (Å²) in [4.78, 5) is 26.8. The number of H-pyrrole nitrogens is 1. The van der Waals surface area contributed by atoms with Crippen LogP contribution in [0.5, 0.6) is 0 Å². The molecule has 2 aromatic heterocycles.